The molecule has 1 fully saturated rings. The summed E-state index contributed by atoms with van der Waals surface area (Å²) in [7, 11) is 1.67. The van der Waals surface area contributed by atoms with Crippen molar-refractivity contribution in [2.45, 2.75) is 38.4 Å². The minimum atomic E-state index is -0.209. The summed E-state index contributed by atoms with van der Waals surface area (Å²) in [5.74, 6) is 1.31. The van der Waals surface area contributed by atoms with Gasteiger partial charge in [0.25, 0.3) is 0 Å². The lowest BCUT2D eigenvalue weighted by Gasteiger charge is -2.34. The maximum absolute atomic E-state index is 13.7. The number of nitrogens with zero attached hydrogens (tertiary/aromatic N) is 4. The van der Waals surface area contributed by atoms with Crippen LogP contribution in [0.4, 0.5) is 4.39 Å². The van der Waals surface area contributed by atoms with Crippen LogP contribution < -0.4 is 15.4 Å². The van der Waals surface area contributed by atoms with Gasteiger partial charge in [-0.05, 0) is 72.6 Å². The molecule has 0 radical (unpaired) electrons. The number of benzene rings is 2. The van der Waals surface area contributed by atoms with Gasteiger partial charge < -0.3 is 15.4 Å². The van der Waals surface area contributed by atoms with Crippen LogP contribution in [0.1, 0.15) is 35.8 Å². The molecule has 0 spiro atoms. The summed E-state index contributed by atoms with van der Waals surface area (Å²) >= 11 is 0. The quantitative estimate of drug-likeness (QED) is 0.667. The molecule has 2 aromatic carbocycles. The molecule has 3 aromatic rings. The zero-order chi connectivity index (χ0) is 20.2. The number of hydrogen-bond acceptors (Lipinski definition) is 6. The van der Waals surface area contributed by atoms with Gasteiger partial charge in [0.1, 0.15) is 11.6 Å². The Bertz CT molecular complexity index is 975. The van der Waals surface area contributed by atoms with Gasteiger partial charge in [-0.3, -0.25) is 0 Å². The summed E-state index contributed by atoms with van der Waals surface area (Å²) in [6.07, 6.45) is 2.09. The van der Waals surface area contributed by atoms with E-state index in [0.29, 0.717) is 6.54 Å². The third-order valence-electron chi connectivity index (χ3n) is 5.35. The Hall–Kier alpha value is -2.84. The zero-order valence-corrected chi connectivity index (χ0v) is 16.6. The number of tetrazole rings is 1. The van der Waals surface area contributed by atoms with Crippen molar-refractivity contribution in [1.82, 2.24) is 30.8 Å². The van der Waals surface area contributed by atoms with Gasteiger partial charge in [0, 0.05) is 24.2 Å². The number of methoxy groups -OCH3 is 1. The van der Waals surface area contributed by atoms with Gasteiger partial charge in [-0.25, -0.2) is 4.39 Å². The van der Waals surface area contributed by atoms with E-state index < -0.39 is 0 Å². The number of piperidine rings is 1. The van der Waals surface area contributed by atoms with Crippen molar-refractivity contribution in [2.75, 3.05) is 13.7 Å². The van der Waals surface area contributed by atoms with Crippen LogP contribution in [0.25, 0.3) is 5.69 Å². The number of aryl methyl sites for hydroxylation is 1. The lowest BCUT2D eigenvalue weighted by molar-refractivity contribution is 0.302. The Kier molecular flexibility index (Phi) is 5.82. The lowest BCUT2D eigenvalue weighted by atomic mass is 9.92. The standard InChI is InChI=1S/C21H25FN6O/c1-14-25-26-27-28(14)18-8-9-20(29-2)16(12-18)13-24-19-7-4-10-23-21(19)15-5-3-6-17(22)11-15/h3,5-6,8-9,11-12,19,21,23-24H,4,7,10,13H2,1-2H3. The zero-order valence-electron chi connectivity index (χ0n) is 16.6. The largest absolute Gasteiger partial charge is 0.496 e. The highest BCUT2D eigenvalue weighted by Crippen LogP contribution is 2.26. The molecule has 152 valence electrons. The van der Waals surface area contributed by atoms with Crippen molar-refractivity contribution in [1.29, 1.82) is 0 Å². The number of aromatic nitrogens is 4. The Balaban J connectivity index is 1.54. The van der Waals surface area contributed by atoms with E-state index in [1.54, 1.807) is 23.9 Å². The fourth-order valence-corrected chi connectivity index (χ4v) is 3.90. The molecular weight excluding hydrogens is 371 g/mol. The number of ether oxygens (including phenoxy) is 1. The molecule has 0 saturated carbocycles. The second kappa shape index (κ2) is 8.67. The minimum Gasteiger partial charge on any atom is -0.496 e. The third-order valence-corrected chi connectivity index (χ3v) is 5.35. The summed E-state index contributed by atoms with van der Waals surface area (Å²) < 4.78 is 21.0. The summed E-state index contributed by atoms with van der Waals surface area (Å²) in [6.45, 7) is 3.41. The van der Waals surface area contributed by atoms with E-state index in [2.05, 4.69) is 26.2 Å². The third kappa shape index (κ3) is 4.28. The van der Waals surface area contributed by atoms with Gasteiger partial charge in [-0.15, -0.1) is 5.10 Å². The van der Waals surface area contributed by atoms with Crippen molar-refractivity contribution < 1.29 is 9.13 Å². The molecule has 1 aromatic heterocycles. The summed E-state index contributed by atoms with van der Waals surface area (Å²) in [6, 6.07) is 13.0. The Morgan fingerprint density at radius 2 is 2.17 bits per heavy atom. The molecule has 0 bridgehead atoms. The van der Waals surface area contributed by atoms with Crippen molar-refractivity contribution in [3.05, 3.63) is 65.2 Å². The van der Waals surface area contributed by atoms with E-state index in [4.69, 9.17) is 4.74 Å². The fourth-order valence-electron chi connectivity index (χ4n) is 3.90. The predicted octanol–water partition coefficient (Wildman–Crippen LogP) is 2.70. The minimum absolute atomic E-state index is 0.0652. The van der Waals surface area contributed by atoms with E-state index in [0.717, 1.165) is 47.8 Å². The van der Waals surface area contributed by atoms with Gasteiger partial charge in [-0.2, -0.15) is 4.68 Å². The van der Waals surface area contributed by atoms with Crippen LogP contribution >= 0.6 is 0 Å². The van der Waals surface area contributed by atoms with E-state index in [9.17, 15) is 4.39 Å². The Labute approximate surface area is 169 Å². The molecule has 29 heavy (non-hydrogen) atoms. The summed E-state index contributed by atoms with van der Waals surface area (Å²) in [5, 5.41) is 18.9. The first-order valence-corrected chi connectivity index (χ1v) is 9.80. The van der Waals surface area contributed by atoms with Crippen molar-refractivity contribution in [2.24, 2.45) is 0 Å². The SMILES string of the molecule is COc1ccc(-n2nnnc2C)cc1CNC1CCCNC1c1cccc(F)c1. The van der Waals surface area contributed by atoms with E-state index in [-0.39, 0.29) is 17.9 Å². The number of halogens is 1. The number of nitrogens with one attached hydrogen (secondary N) is 2. The van der Waals surface area contributed by atoms with E-state index in [1.807, 2.05) is 31.2 Å². The van der Waals surface area contributed by atoms with Crippen LogP contribution in [0.5, 0.6) is 5.75 Å². The van der Waals surface area contributed by atoms with Gasteiger partial charge in [0.15, 0.2) is 5.82 Å². The van der Waals surface area contributed by atoms with Crippen molar-refractivity contribution in [3.63, 3.8) is 0 Å². The molecule has 2 atom stereocenters. The van der Waals surface area contributed by atoms with E-state index >= 15 is 0 Å². The summed E-state index contributed by atoms with van der Waals surface area (Å²) in [5.41, 5.74) is 2.87. The fraction of sp³-hybridized carbons (Fsp3) is 0.381. The first-order valence-electron chi connectivity index (χ1n) is 9.80. The Morgan fingerprint density at radius 1 is 1.28 bits per heavy atom. The van der Waals surface area contributed by atoms with Crippen LogP contribution in [-0.2, 0) is 6.54 Å². The first-order chi connectivity index (χ1) is 14.2. The Morgan fingerprint density at radius 3 is 2.93 bits per heavy atom. The van der Waals surface area contributed by atoms with Gasteiger partial charge >= 0.3 is 0 Å². The molecular formula is C21H25FN6O. The molecule has 0 amide bonds. The molecule has 2 N–H and O–H groups in total. The second-order valence-electron chi connectivity index (χ2n) is 7.25. The topological polar surface area (TPSA) is 76.9 Å². The van der Waals surface area contributed by atoms with Crippen LogP contribution in [-0.4, -0.2) is 39.9 Å². The molecule has 8 heteroatoms. The monoisotopic (exact) mass is 396 g/mol. The molecule has 7 nitrogen and oxygen atoms in total. The highest BCUT2D eigenvalue weighted by molar-refractivity contribution is 5.44. The molecule has 1 aliphatic rings. The van der Waals surface area contributed by atoms with Gasteiger partial charge in [0.05, 0.1) is 12.8 Å². The molecule has 2 unspecified atom stereocenters. The number of hydrogen-bond donors (Lipinski definition) is 2. The molecule has 0 aliphatic carbocycles. The van der Waals surface area contributed by atoms with Gasteiger partial charge in [0.2, 0.25) is 0 Å². The van der Waals surface area contributed by atoms with Crippen LogP contribution in [0, 0.1) is 12.7 Å². The molecule has 2 heterocycles. The molecule has 4 rings (SSSR count). The molecule has 1 saturated heterocycles. The van der Waals surface area contributed by atoms with E-state index in [1.165, 1.54) is 6.07 Å². The number of rotatable bonds is 6. The highest BCUT2D eigenvalue weighted by atomic mass is 19.1. The smallest absolute Gasteiger partial charge is 0.153 e. The summed E-state index contributed by atoms with van der Waals surface area (Å²) in [4.78, 5) is 0. The maximum atomic E-state index is 13.7. The van der Waals surface area contributed by atoms with Crippen LogP contribution in [0.3, 0.4) is 0 Å². The lowest BCUT2D eigenvalue weighted by Crippen LogP contribution is -2.45. The van der Waals surface area contributed by atoms with Gasteiger partial charge in [-0.1, -0.05) is 12.1 Å². The average Bonchev–Trinajstić information content (AvgIpc) is 3.18. The maximum Gasteiger partial charge on any atom is 0.153 e. The van der Waals surface area contributed by atoms with Crippen LogP contribution in [0.2, 0.25) is 0 Å². The van der Waals surface area contributed by atoms with Crippen molar-refractivity contribution in [3.8, 4) is 11.4 Å². The second-order valence-corrected chi connectivity index (χ2v) is 7.25. The van der Waals surface area contributed by atoms with Crippen molar-refractivity contribution >= 4 is 0 Å². The average molecular weight is 396 g/mol. The molecule has 1 aliphatic heterocycles. The first kappa shape index (κ1) is 19.5. The van der Waals surface area contributed by atoms with Crippen LogP contribution in [0.15, 0.2) is 42.5 Å². The highest BCUT2D eigenvalue weighted by Gasteiger charge is 2.26. The predicted molar refractivity (Wildman–Crippen MR) is 107 cm³/mol. The normalized spacial score (nSPS) is 19.3.